The lowest BCUT2D eigenvalue weighted by Gasteiger charge is -2.30. The number of benzene rings is 2. The first-order chi connectivity index (χ1) is 55.9. The summed E-state index contributed by atoms with van der Waals surface area (Å²) in [5, 5.41) is 89.8. The first-order valence-electron chi connectivity index (χ1n) is 38.2. The van der Waals surface area contributed by atoms with E-state index in [2.05, 4.69) is 71.7 Å². The quantitative estimate of drug-likeness (QED) is 0.0150. The maximum absolute atomic E-state index is 15.0. The number of aromatic amines is 2. The van der Waals surface area contributed by atoms with Crippen molar-refractivity contribution in [3.05, 3.63) is 72.1 Å². The molecule has 14 amide bonds. The molecule has 43 nitrogen and oxygen atoms in total. The Morgan fingerprint density at radius 1 is 0.500 bits per heavy atom. The van der Waals surface area contributed by atoms with Gasteiger partial charge in [-0.05, 0) is 67.8 Å². The van der Waals surface area contributed by atoms with E-state index < -0.39 is 262 Å². The zero-order chi connectivity index (χ0) is 87.5. The van der Waals surface area contributed by atoms with Gasteiger partial charge >= 0.3 is 29.8 Å². The lowest BCUT2D eigenvalue weighted by atomic mass is 9.96. The van der Waals surface area contributed by atoms with Crippen LogP contribution in [0, 0.1) is 11.8 Å². The summed E-state index contributed by atoms with van der Waals surface area (Å²) in [5.74, 6) is -27.9. The highest BCUT2D eigenvalue weighted by Gasteiger charge is 2.41. The van der Waals surface area contributed by atoms with Crippen LogP contribution >= 0.6 is 0 Å². The van der Waals surface area contributed by atoms with Crippen LogP contribution in [0.1, 0.15) is 135 Å². The average molecular weight is 1660 g/mol. The molecule has 0 aliphatic carbocycles. The van der Waals surface area contributed by atoms with E-state index >= 15 is 4.79 Å². The predicted octanol–water partition coefficient (Wildman–Crippen LogP) is -5.14. The molecular formula is C75H105N17O26. The van der Waals surface area contributed by atoms with Gasteiger partial charge < -0.3 is 126 Å². The molecule has 3 heterocycles. The molecule has 2 aromatic carbocycles. The number of carboxylic acid groups (broad SMARTS) is 4. The van der Waals surface area contributed by atoms with Crippen molar-refractivity contribution in [2.45, 2.75) is 209 Å². The van der Waals surface area contributed by atoms with Crippen LogP contribution < -0.4 is 80.6 Å². The second-order valence-electron chi connectivity index (χ2n) is 28.8. The lowest BCUT2D eigenvalue weighted by molar-refractivity contribution is -0.156. The minimum Gasteiger partial charge on any atom is -0.481 e. The van der Waals surface area contributed by atoms with E-state index in [0.29, 0.717) is 46.1 Å². The zero-order valence-electron chi connectivity index (χ0n) is 65.4. The molecule has 25 N–H and O–H groups in total. The summed E-state index contributed by atoms with van der Waals surface area (Å²) >= 11 is 0. The molecule has 1 fully saturated rings. The van der Waals surface area contributed by atoms with Gasteiger partial charge in [-0.3, -0.25) is 86.3 Å². The van der Waals surface area contributed by atoms with Gasteiger partial charge in [0.15, 0.2) is 0 Å². The van der Waals surface area contributed by atoms with Crippen LogP contribution in [-0.2, 0) is 109 Å². The highest BCUT2D eigenvalue weighted by atomic mass is 16.5. The van der Waals surface area contributed by atoms with Crippen molar-refractivity contribution in [2.24, 2.45) is 23.3 Å². The molecule has 13 atom stereocenters. The van der Waals surface area contributed by atoms with Crippen molar-refractivity contribution in [2.75, 3.05) is 32.8 Å². The first kappa shape index (κ1) is 95.9. The minimum absolute atomic E-state index is 0.0104. The van der Waals surface area contributed by atoms with Crippen LogP contribution in [-0.4, -0.2) is 259 Å². The topological polar surface area (TPSA) is 695 Å². The third-order valence-corrected chi connectivity index (χ3v) is 18.8. The van der Waals surface area contributed by atoms with Gasteiger partial charge in [-0.15, -0.1) is 0 Å². The molecule has 5 rings (SSSR count). The number of esters is 1. The largest absolute Gasteiger partial charge is 0.481 e. The number of cyclic esters (lactones) is 1. The number of hydrogen-bond acceptors (Lipinski definition) is 23. The summed E-state index contributed by atoms with van der Waals surface area (Å²) in [4.78, 5) is 266. The number of nitrogens with one attached hydrogen (secondary N) is 15. The molecule has 1 aliphatic heterocycles. The van der Waals surface area contributed by atoms with Crippen LogP contribution in [0.2, 0.25) is 0 Å². The molecule has 2 aromatic heterocycles. The second kappa shape index (κ2) is 48.0. The van der Waals surface area contributed by atoms with E-state index in [-0.39, 0.29) is 31.4 Å². The summed E-state index contributed by atoms with van der Waals surface area (Å²) in [7, 11) is 0. The van der Waals surface area contributed by atoms with Crippen molar-refractivity contribution in [3.63, 3.8) is 0 Å². The first-order valence-corrected chi connectivity index (χ1v) is 38.2. The summed E-state index contributed by atoms with van der Waals surface area (Å²) in [6.07, 6.45) is -0.133. The number of carboxylic acids is 4. The number of rotatable bonds is 36. The molecule has 0 bridgehead atoms. The van der Waals surface area contributed by atoms with Crippen molar-refractivity contribution in [1.29, 1.82) is 0 Å². The predicted molar refractivity (Wildman–Crippen MR) is 413 cm³/mol. The molecular weight excluding hydrogens is 1550 g/mol. The second-order valence-corrected chi connectivity index (χ2v) is 28.8. The summed E-state index contributed by atoms with van der Waals surface area (Å²) in [6, 6.07) is -9.24. The van der Waals surface area contributed by atoms with Crippen molar-refractivity contribution >= 4 is 134 Å². The number of ether oxygens (including phenoxy) is 1. The molecule has 0 radical (unpaired) electrons. The number of aliphatic hydroxyl groups excluding tert-OH is 2. The van der Waals surface area contributed by atoms with Gasteiger partial charge in [0.2, 0.25) is 82.7 Å². The van der Waals surface area contributed by atoms with E-state index in [1.807, 2.05) is 21.3 Å². The number of aliphatic carboxylic acids is 4. The third kappa shape index (κ3) is 31.8. The number of amides is 14. The van der Waals surface area contributed by atoms with Crippen LogP contribution in [0.25, 0.3) is 21.8 Å². The number of aliphatic hydroxyl groups is 2. The normalized spacial score (nSPS) is 21.1. The number of carbonyl (C=O) groups is 19. The highest BCUT2D eigenvalue weighted by molar-refractivity contribution is 6.02. The molecule has 1 aliphatic rings. The maximum atomic E-state index is 15.0. The van der Waals surface area contributed by atoms with Gasteiger partial charge in [0.05, 0.1) is 58.4 Å². The van der Waals surface area contributed by atoms with E-state index in [4.69, 9.17) is 16.2 Å². The summed E-state index contributed by atoms with van der Waals surface area (Å²) in [6.45, 7) is 1.16. The monoisotopic (exact) mass is 1660 g/mol. The molecule has 43 heteroatoms. The van der Waals surface area contributed by atoms with Gasteiger partial charge in [-0.1, -0.05) is 95.7 Å². The third-order valence-electron chi connectivity index (χ3n) is 18.8. The van der Waals surface area contributed by atoms with Crippen LogP contribution in [0.5, 0.6) is 0 Å². The van der Waals surface area contributed by atoms with Gasteiger partial charge in [-0.25, -0.2) is 4.79 Å². The van der Waals surface area contributed by atoms with Gasteiger partial charge in [0.25, 0.3) is 0 Å². The number of carbonyl (C=O) groups excluding carboxylic acids is 15. The fourth-order valence-corrected chi connectivity index (χ4v) is 12.6. The Labute approximate surface area is 675 Å². The molecule has 0 saturated carbocycles. The Bertz CT molecular complexity index is 4260. The molecule has 13 unspecified atom stereocenters. The van der Waals surface area contributed by atoms with Crippen molar-refractivity contribution < 1.29 is 126 Å². The number of nitrogens with two attached hydrogens (primary N) is 2. The fourth-order valence-electron chi connectivity index (χ4n) is 12.6. The standard InChI is InChI=1S/C75H105N17O26/c1-37(2)16-9-7-5-6-8-10-22-56(96)83-47(25-40-31-78-44-19-13-11-17-42(40)44)67(109)85-48(27-55(77)95)68(110)88-51(30-62(105)106)70(112)92-64-39(4)118-75(117)52(26-41-32-79-45-20-14-12-18-43(41)45)89-74(116)63(38(3)24-59(99)100)91-72(114)53(35-93)84-58(98)33-80-65(107)49(28-60(101)102)86-71(113)54(36-94)90-69(111)50(29-61(103)104)87-66(108)46(21-15-23-76)82-57(97)34-81-73(64)115/h11-14,17-20,31-32,37-39,46-54,63-64,78-79,93-94H,5-10,15-16,21-30,33-36,76H2,1-4H3,(H2,77,95)(H,80,107)(H,81,115)(H,82,97)(H,83,96)(H,84,98)(H,85,109)(H,86,113)(H,87,108)(H,88,110)(H,89,116)(H,90,111)(H,91,114)(H,92,112)(H,99,100)(H,101,102)(H,103,104)(H,105,106). The number of aromatic nitrogens is 2. The minimum atomic E-state index is -2.38. The number of fused-ring (bicyclic) bond motifs is 2. The van der Waals surface area contributed by atoms with Crippen molar-refractivity contribution in [1.82, 2.24) is 79.1 Å². The molecule has 4 aromatic rings. The Morgan fingerprint density at radius 2 is 0.975 bits per heavy atom. The summed E-state index contributed by atoms with van der Waals surface area (Å²) < 4.78 is 5.85. The average Bonchev–Trinajstić information content (AvgIpc) is 1.64. The summed E-state index contributed by atoms with van der Waals surface area (Å²) in [5.41, 5.74) is 13.3. The molecule has 646 valence electrons. The van der Waals surface area contributed by atoms with Gasteiger partial charge in [0, 0.05) is 53.5 Å². The zero-order valence-corrected chi connectivity index (χ0v) is 65.4. The Kier molecular flexibility index (Phi) is 39.0. The smallest absolute Gasteiger partial charge is 0.329 e. The maximum Gasteiger partial charge on any atom is 0.329 e. The van der Waals surface area contributed by atoms with Crippen LogP contribution in [0.4, 0.5) is 0 Å². The number of para-hydroxylation sites is 2. The Hall–Kier alpha value is -12.7. The number of primary amides is 1. The van der Waals surface area contributed by atoms with Crippen molar-refractivity contribution in [3.8, 4) is 0 Å². The van der Waals surface area contributed by atoms with E-state index in [0.717, 1.165) is 46.0 Å². The van der Waals surface area contributed by atoms with E-state index in [1.165, 1.54) is 6.20 Å². The SMILES string of the molecule is CC(C)CCCCCCCCC(=O)NC(Cc1c[nH]c2ccccc12)C(=O)NC(CC(N)=O)C(=O)NC(CC(=O)O)C(=O)NC1C(=O)NCC(=O)NC(CCCN)C(=O)NC(CC(=O)O)C(=O)NC(CO)C(=O)NC(CC(=O)O)C(=O)NCC(=O)NC(CO)C(=O)NC(C(C)CC(=O)O)C(=O)NC(Cc2c[nH]c3ccccc23)C(=O)OC1C. The number of hydrogen-bond donors (Lipinski definition) is 23. The lowest BCUT2D eigenvalue weighted by Crippen LogP contribution is -2.62. The van der Waals surface area contributed by atoms with E-state index in [1.54, 1.807) is 54.7 Å². The van der Waals surface area contributed by atoms with Gasteiger partial charge in [0.1, 0.15) is 72.6 Å². The van der Waals surface area contributed by atoms with Crippen LogP contribution in [0.15, 0.2) is 60.9 Å². The van der Waals surface area contributed by atoms with Gasteiger partial charge in [-0.2, -0.15) is 0 Å². The molecule has 118 heavy (non-hydrogen) atoms. The van der Waals surface area contributed by atoms with Crippen LogP contribution in [0.3, 0.4) is 0 Å². The number of H-pyrrole nitrogens is 2. The number of unbranched alkanes of at least 4 members (excludes halogenated alkanes) is 5. The molecule has 1 saturated heterocycles. The Morgan fingerprint density at radius 3 is 1.53 bits per heavy atom. The Balaban J connectivity index is 1.59. The van der Waals surface area contributed by atoms with E-state index in [9.17, 15) is 117 Å². The highest BCUT2D eigenvalue weighted by Crippen LogP contribution is 2.23. The fraction of sp³-hybridized carbons (Fsp3) is 0.533. The molecule has 0 spiro atoms.